The first-order valence-corrected chi connectivity index (χ1v) is 11.9. The lowest BCUT2D eigenvalue weighted by atomic mass is 10.2. The molecule has 2 aromatic carbocycles. The van der Waals surface area contributed by atoms with Crippen LogP contribution in [0.3, 0.4) is 0 Å². The molecule has 1 fully saturated rings. The third kappa shape index (κ3) is 5.38. The van der Waals surface area contributed by atoms with Gasteiger partial charge in [-0.2, -0.15) is 9.61 Å². The first-order chi connectivity index (χ1) is 17.0. The molecule has 0 aliphatic heterocycles. The van der Waals surface area contributed by atoms with Crippen molar-refractivity contribution >= 4 is 33.9 Å². The summed E-state index contributed by atoms with van der Waals surface area (Å²) < 4.78 is 12.2. The van der Waals surface area contributed by atoms with Crippen molar-refractivity contribution in [2.45, 2.75) is 32.3 Å². The van der Waals surface area contributed by atoms with Gasteiger partial charge in [0.2, 0.25) is 4.96 Å². The van der Waals surface area contributed by atoms with Crippen LogP contribution in [0.15, 0.2) is 59.4 Å². The fourth-order valence-electron chi connectivity index (χ4n) is 3.47. The summed E-state index contributed by atoms with van der Waals surface area (Å²) in [5.41, 5.74) is 1.53. The van der Waals surface area contributed by atoms with Crippen molar-refractivity contribution in [3.63, 3.8) is 0 Å². The monoisotopic (exact) mass is 490 g/mol. The number of carbonyl (C=O) groups excluding carboxylic acids is 2. The van der Waals surface area contributed by atoms with E-state index in [1.54, 1.807) is 30.3 Å². The molecule has 10 heteroatoms. The van der Waals surface area contributed by atoms with Crippen LogP contribution >= 0.6 is 11.3 Å². The van der Waals surface area contributed by atoms with E-state index >= 15 is 0 Å². The average molecular weight is 491 g/mol. The van der Waals surface area contributed by atoms with Crippen molar-refractivity contribution in [3.05, 3.63) is 86.8 Å². The van der Waals surface area contributed by atoms with Gasteiger partial charge in [-0.1, -0.05) is 35.6 Å². The molecule has 2 aromatic heterocycles. The van der Waals surface area contributed by atoms with Gasteiger partial charge in [-0.15, -0.1) is 0 Å². The molecule has 35 heavy (non-hydrogen) atoms. The number of esters is 1. The van der Waals surface area contributed by atoms with E-state index in [1.165, 1.54) is 21.9 Å². The fourth-order valence-corrected chi connectivity index (χ4v) is 4.56. The summed E-state index contributed by atoms with van der Waals surface area (Å²) in [6.45, 7) is 1.54. The van der Waals surface area contributed by atoms with Crippen LogP contribution in [-0.2, 0) is 16.1 Å². The van der Waals surface area contributed by atoms with E-state index in [9.17, 15) is 14.4 Å². The number of aryl methyl sites for hydroxylation is 1. The Bertz CT molecular complexity index is 1470. The number of anilines is 1. The number of ether oxygens (including phenoxy) is 2. The molecule has 0 atom stereocenters. The van der Waals surface area contributed by atoms with Gasteiger partial charge in [0.15, 0.2) is 6.61 Å². The molecule has 1 saturated carbocycles. The standard InChI is InChI=1S/C25H22N4O5S/c1-15-5-4-6-18(11-15)33-14-21(30)27-20-8-3-2-7-19(20)24(32)34-13-17-12-22(31)29-25(26-17)35-23(28-29)16-9-10-16/h2-8,11-12,16H,9-10,13-14H2,1H3,(H,27,30). The summed E-state index contributed by atoms with van der Waals surface area (Å²) >= 11 is 1.38. The lowest BCUT2D eigenvalue weighted by Gasteiger charge is -2.11. The Kier molecular flexibility index (Phi) is 6.28. The highest BCUT2D eigenvalue weighted by atomic mass is 32.1. The Hall–Kier alpha value is -4.05. The van der Waals surface area contributed by atoms with Crippen molar-refractivity contribution in [1.82, 2.24) is 14.6 Å². The van der Waals surface area contributed by atoms with E-state index in [1.807, 2.05) is 25.1 Å². The van der Waals surface area contributed by atoms with Gasteiger partial charge >= 0.3 is 5.97 Å². The van der Waals surface area contributed by atoms with Gasteiger partial charge in [-0.3, -0.25) is 9.59 Å². The number of rotatable bonds is 8. The van der Waals surface area contributed by atoms with Crippen LogP contribution in [0.1, 0.15) is 45.4 Å². The van der Waals surface area contributed by atoms with Gasteiger partial charge < -0.3 is 14.8 Å². The lowest BCUT2D eigenvalue weighted by molar-refractivity contribution is -0.118. The summed E-state index contributed by atoms with van der Waals surface area (Å²) in [6, 6.07) is 15.2. The Labute approximate surface area is 204 Å². The quantitative estimate of drug-likeness (QED) is 0.375. The topological polar surface area (TPSA) is 112 Å². The van der Waals surface area contributed by atoms with Crippen molar-refractivity contribution in [3.8, 4) is 5.75 Å². The third-order valence-electron chi connectivity index (χ3n) is 5.37. The van der Waals surface area contributed by atoms with Crippen molar-refractivity contribution in [2.75, 3.05) is 11.9 Å². The summed E-state index contributed by atoms with van der Waals surface area (Å²) in [6.07, 6.45) is 2.15. The molecule has 4 aromatic rings. The first kappa shape index (κ1) is 22.7. The second-order valence-electron chi connectivity index (χ2n) is 8.27. The van der Waals surface area contributed by atoms with E-state index in [0.29, 0.717) is 28.0 Å². The molecule has 0 saturated heterocycles. The second kappa shape index (κ2) is 9.67. The smallest absolute Gasteiger partial charge is 0.340 e. The number of nitrogens with zero attached hydrogens (tertiary/aromatic N) is 3. The predicted molar refractivity (Wildman–Crippen MR) is 130 cm³/mol. The molecular formula is C25H22N4O5S. The van der Waals surface area contributed by atoms with Gasteiger partial charge in [-0.05, 0) is 49.6 Å². The highest BCUT2D eigenvalue weighted by Crippen LogP contribution is 2.41. The van der Waals surface area contributed by atoms with Crippen molar-refractivity contribution in [1.29, 1.82) is 0 Å². The van der Waals surface area contributed by atoms with Gasteiger partial charge in [0.05, 0.1) is 16.9 Å². The molecule has 178 valence electrons. The minimum atomic E-state index is -0.648. The summed E-state index contributed by atoms with van der Waals surface area (Å²) in [7, 11) is 0. The third-order valence-corrected chi connectivity index (χ3v) is 6.44. The average Bonchev–Trinajstić information content (AvgIpc) is 3.60. The Morgan fingerprint density at radius 2 is 1.97 bits per heavy atom. The minimum absolute atomic E-state index is 0.181. The molecule has 1 aliphatic rings. The SMILES string of the molecule is Cc1cccc(OCC(=O)Nc2ccccc2C(=O)OCc2cc(=O)n3nc(C4CC4)sc3n2)c1. The van der Waals surface area contributed by atoms with Gasteiger partial charge in [0, 0.05) is 12.0 Å². The van der Waals surface area contributed by atoms with Crippen LogP contribution in [0, 0.1) is 6.92 Å². The highest BCUT2D eigenvalue weighted by Gasteiger charge is 2.28. The zero-order valence-corrected chi connectivity index (χ0v) is 19.7. The Morgan fingerprint density at radius 3 is 2.77 bits per heavy atom. The molecule has 0 unspecified atom stereocenters. The number of aromatic nitrogens is 3. The fraction of sp³-hybridized carbons (Fsp3) is 0.240. The molecule has 1 aliphatic carbocycles. The number of benzene rings is 2. The van der Waals surface area contributed by atoms with E-state index in [0.717, 1.165) is 23.4 Å². The van der Waals surface area contributed by atoms with Crippen LogP contribution in [0.25, 0.3) is 4.96 Å². The number of para-hydroxylation sites is 1. The van der Waals surface area contributed by atoms with Crippen LogP contribution < -0.4 is 15.6 Å². The summed E-state index contributed by atoms with van der Waals surface area (Å²) in [5, 5.41) is 7.93. The number of amides is 1. The molecule has 2 heterocycles. The van der Waals surface area contributed by atoms with E-state index < -0.39 is 11.9 Å². The van der Waals surface area contributed by atoms with Gasteiger partial charge in [0.25, 0.3) is 11.5 Å². The van der Waals surface area contributed by atoms with Crippen molar-refractivity contribution in [2.24, 2.45) is 0 Å². The molecule has 0 radical (unpaired) electrons. The highest BCUT2D eigenvalue weighted by molar-refractivity contribution is 7.16. The molecule has 1 N–H and O–H groups in total. The lowest BCUT2D eigenvalue weighted by Crippen LogP contribution is -2.22. The number of hydrogen-bond acceptors (Lipinski definition) is 8. The van der Waals surface area contributed by atoms with Crippen molar-refractivity contribution < 1.29 is 19.1 Å². The number of nitrogens with one attached hydrogen (secondary N) is 1. The zero-order valence-electron chi connectivity index (χ0n) is 18.9. The van der Waals surface area contributed by atoms with Gasteiger partial charge in [0.1, 0.15) is 17.4 Å². The number of hydrogen-bond donors (Lipinski definition) is 1. The normalized spacial score (nSPS) is 12.9. The molecule has 5 rings (SSSR count). The maximum atomic E-state index is 12.8. The zero-order chi connectivity index (χ0) is 24.4. The summed E-state index contributed by atoms with van der Waals surface area (Å²) in [4.78, 5) is 42.5. The number of carbonyl (C=O) groups is 2. The maximum absolute atomic E-state index is 12.8. The largest absolute Gasteiger partial charge is 0.484 e. The van der Waals surface area contributed by atoms with E-state index in [-0.39, 0.29) is 24.3 Å². The molecule has 1 amide bonds. The summed E-state index contributed by atoms with van der Waals surface area (Å²) in [5.74, 6) is -0.0660. The molecule has 9 nitrogen and oxygen atoms in total. The van der Waals surface area contributed by atoms with E-state index in [4.69, 9.17) is 9.47 Å². The Morgan fingerprint density at radius 1 is 1.14 bits per heavy atom. The van der Waals surface area contributed by atoms with Crippen LogP contribution in [0.4, 0.5) is 5.69 Å². The maximum Gasteiger partial charge on any atom is 0.340 e. The molecular weight excluding hydrogens is 468 g/mol. The number of fused-ring (bicyclic) bond motifs is 1. The molecule has 0 bridgehead atoms. The van der Waals surface area contributed by atoms with Crippen LogP contribution in [-0.4, -0.2) is 33.1 Å². The van der Waals surface area contributed by atoms with Crippen LogP contribution in [0.5, 0.6) is 5.75 Å². The first-order valence-electron chi connectivity index (χ1n) is 11.1. The predicted octanol–water partition coefficient (Wildman–Crippen LogP) is 3.71. The van der Waals surface area contributed by atoms with Gasteiger partial charge in [-0.25, -0.2) is 9.78 Å². The molecule has 0 spiro atoms. The van der Waals surface area contributed by atoms with E-state index in [2.05, 4.69) is 15.4 Å². The second-order valence-corrected chi connectivity index (χ2v) is 9.26. The van der Waals surface area contributed by atoms with Crippen LogP contribution in [0.2, 0.25) is 0 Å². The Balaban J connectivity index is 1.23. The minimum Gasteiger partial charge on any atom is -0.484 e.